The maximum atomic E-state index is 1.85. The molecule has 0 heteroatoms. The van der Waals surface area contributed by atoms with Crippen LogP contribution in [-0.2, 0) is 0 Å². The van der Waals surface area contributed by atoms with E-state index in [1.54, 1.807) is 0 Å². The van der Waals surface area contributed by atoms with E-state index in [1.165, 1.54) is 343 Å². The van der Waals surface area contributed by atoms with Gasteiger partial charge < -0.3 is 0 Å². The van der Waals surface area contributed by atoms with E-state index in [-0.39, 0.29) is 0 Å². The minimum Gasteiger partial charge on any atom is -0.0458 e. The Morgan fingerprint density at radius 3 is 0.224 bits per heavy atom. The van der Waals surface area contributed by atoms with Gasteiger partial charge in [0.1, 0.15) is 0 Å². The summed E-state index contributed by atoms with van der Waals surface area (Å²) in [5.74, 6) is 83.0. The van der Waals surface area contributed by atoms with E-state index in [0.29, 0.717) is 0 Å². The van der Waals surface area contributed by atoms with Crippen LogP contribution < -0.4 is 0 Å². The molecule has 0 bridgehead atoms. The van der Waals surface area contributed by atoms with Crippen molar-refractivity contribution in [2.45, 2.75) is 25.7 Å². The van der Waals surface area contributed by atoms with Crippen LogP contribution in [0.2, 0.25) is 0 Å². The summed E-state index contributed by atoms with van der Waals surface area (Å²) in [6, 6.07) is 0. The van der Waals surface area contributed by atoms with E-state index in [2.05, 4.69) is 0 Å². The van der Waals surface area contributed by atoms with Gasteiger partial charge >= 0.3 is 0 Å². The maximum absolute atomic E-state index is 1.85. The van der Waals surface area contributed by atoms with Gasteiger partial charge in [-0.15, -0.1) is 0 Å². The smallest absolute Gasteiger partial charge is 0.00502 e. The van der Waals surface area contributed by atoms with Crippen LogP contribution in [0.3, 0.4) is 0 Å². The molecule has 0 aromatic rings. The van der Waals surface area contributed by atoms with E-state index in [0.717, 1.165) is 292 Å². The average molecular weight is 1460 g/mol. The molecule has 0 amide bonds. The lowest BCUT2D eigenvalue weighted by Crippen LogP contribution is -3.59. The lowest BCUT2D eigenvalue weighted by atomic mass is 8.41. The average Bonchev–Trinajstić information content (AvgIpc) is 0.431. The fourth-order valence-corrected chi connectivity index (χ4v) is 131. The molecule has 108 unspecified atom stereocenters. The molecule has 530 valence electrons. The third kappa shape index (κ3) is 0.873. The highest BCUT2D eigenvalue weighted by Crippen LogP contribution is 3.72. The summed E-state index contributed by atoms with van der Waals surface area (Å²) < 4.78 is 0. The highest BCUT2D eigenvalue weighted by Gasteiger charge is 3.69. The van der Waals surface area contributed by atoms with E-state index in [1.807, 2.05) is 25.7 Å². The normalized spacial score (nSPS) is 144. The van der Waals surface area contributed by atoms with Crippen molar-refractivity contribution in [3.05, 3.63) is 65.0 Å². The van der Waals surface area contributed by atoms with Crippen LogP contribution in [0.4, 0.5) is 0 Å². The quantitative estimate of drug-likeness (QED) is 0.227. The van der Waals surface area contributed by atoms with E-state index in [4.69, 9.17) is 0 Å². The molecule has 0 saturated heterocycles. The maximum Gasteiger partial charge on any atom is -0.00502 e. The summed E-state index contributed by atoms with van der Waals surface area (Å²) in [6.45, 7) is 0. The van der Waals surface area contributed by atoms with Gasteiger partial charge in [-0.3, -0.25) is 0 Å². The molecule has 108 atom stereocenters. The van der Waals surface area contributed by atoms with Gasteiger partial charge in [-0.2, -0.15) is 0 Å². The van der Waals surface area contributed by atoms with Crippen molar-refractivity contribution in [1.82, 2.24) is 0 Å². The largest absolute Gasteiger partial charge is 0.0458 e. The zero-order chi connectivity index (χ0) is 63.3. The van der Waals surface area contributed by atoms with Gasteiger partial charge in [-0.25, -0.2) is 0 Å². The van der Waals surface area contributed by atoms with E-state index in [9.17, 15) is 0 Å². The van der Waals surface area contributed by atoms with Gasteiger partial charge in [0.15, 0.2) is 0 Å². The number of rotatable bonds is 0. The van der Waals surface area contributed by atoms with Crippen molar-refractivity contribution in [2.75, 3.05) is 0 Å². The fraction of sp³-hybridized carbons (Fsp3) is 1.00. The van der Waals surface area contributed by atoms with Crippen LogP contribution in [0.25, 0.3) is 0 Å². The molecule has 0 aromatic heterocycles. The second-order valence-corrected chi connectivity index (χ2v) is 76.0. The molecule has 0 aliphatic heterocycles. The third-order valence-electron chi connectivity index (χ3n) is 102. The first-order valence-electron chi connectivity index (χ1n) is 57.8. The molecule has 84 saturated carbocycles. The van der Waals surface area contributed by atoms with Crippen LogP contribution in [-0.4, -0.2) is 0 Å². The highest BCUT2D eigenvalue weighted by molar-refractivity contribution is 6.43. The molecule has 0 aromatic carbocycles. The molecule has 0 radical (unpaired) electrons. The number of fused-ring (bicyclic) bond motifs is 54. The number of hydrogen-bond acceptors (Lipinski definition) is 0. The zero-order valence-corrected chi connectivity index (χ0v) is 63.3. The number of hydrogen-bond donors (Lipinski definition) is 0. The van der Waals surface area contributed by atoms with Gasteiger partial charge in [-0.1, -0.05) is 0 Å². The molecule has 54 spiro atoms. The Bertz CT molecular complexity index is 7950. The van der Waals surface area contributed by atoms with Crippen molar-refractivity contribution in [3.8, 4) is 0 Å². The predicted molar refractivity (Wildman–Crippen MR) is 362 cm³/mol. The summed E-state index contributed by atoms with van der Waals surface area (Å²) in [5, 5.41) is 0. The minimum absolute atomic E-state index is 1.09. The Balaban J connectivity index is 0.386. The topological polar surface area (TPSA) is 0 Å². The fourth-order valence-electron chi connectivity index (χ4n) is 131. The molecule has 84 rings (SSSR count). The highest BCUT2D eigenvalue weighted by atomic mass is 15.7. The SMILES string of the molecule is C1C2C3CC4C5C6C7C8C9C%10C%11C%12C%13C%14C%15C%16C%17C%18C%19C%20C%21C%22C%23C%24C%25C%26C%27C%28C%29C%30CC%31C%32CC%33C%34C%35C%36C%37C%38C%39C%40C%41C%42C%43C%44C%45C%46C%47C%48C%49C%50C%51C%52C%53C%54C%55C%56C%57C%58C1C21C34C52C%581C%571C62C72C%561C%551C82C92C%541C%531C%102C%112C%521C%511C%122C%132C%501C%491C%142C%152C%481C%471C%162C%172C%183C%194C%205C%216C%227C%238C%249C%25%10C%26%11C%27%12C%28%13C%29%14C%31%30C%32%33C%34%14C%35%13C%36%12C%37%11C%38%10C%399C%408C%417C%426C%435C%444C%453C%4612. The molecule has 0 nitrogen and oxygen atoms in total. The van der Waals surface area contributed by atoms with Gasteiger partial charge in [0.2, 0.25) is 0 Å². The van der Waals surface area contributed by atoms with Crippen molar-refractivity contribution in [3.63, 3.8) is 0 Å². The summed E-state index contributed by atoms with van der Waals surface area (Å²) in [4.78, 5) is 0. The van der Waals surface area contributed by atoms with Crippen molar-refractivity contribution in [2.24, 2.45) is 571 Å². The summed E-state index contributed by atoms with van der Waals surface area (Å²) in [7, 11) is 0. The first-order chi connectivity index (χ1) is 57.8. The monoisotopic (exact) mass is 1460 g/mol. The van der Waals surface area contributed by atoms with Gasteiger partial charge in [0.05, 0.1) is 0 Å². The summed E-state index contributed by atoms with van der Waals surface area (Å²) in [6.07, 6.45) is 7.39. The molecule has 84 aliphatic carbocycles. The lowest BCUT2D eigenvalue weighted by molar-refractivity contribution is -1.15. The van der Waals surface area contributed by atoms with Gasteiger partial charge in [-0.05, 0) is 661 Å². The first-order valence-corrected chi connectivity index (χ1v) is 57.8. The van der Waals surface area contributed by atoms with Crippen LogP contribution in [0, 0.1) is 636 Å². The van der Waals surface area contributed by atoms with Crippen molar-refractivity contribution >= 4 is 0 Å². The Labute approximate surface area is 656 Å². The van der Waals surface area contributed by atoms with Crippen LogP contribution >= 0.6 is 0 Å². The Kier molecular flexibility index (Phi) is 1.98. The molecule has 84 aliphatic rings. The molecule has 116 heavy (non-hydrogen) atoms. The third-order valence-corrected chi connectivity index (χ3v) is 102. The molecule has 84 fully saturated rings. The molecule has 0 N–H and O–H groups in total. The predicted octanol–water partition coefficient (Wildman–Crippen LogP) is 9.67. The second kappa shape index (κ2) is 5.93. The first kappa shape index (κ1) is 38.7. The summed E-state index contributed by atoms with van der Waals surface area (Å²) >= 11 is 0. The Morgan fingerprint density at radius 1 is 0.0690 bits per heavy atom. The van der Waals surface area contributed by atoms with E-state index >= 15 is 0 Å². The standard InChI is InChI=1S/C116H66/c1-5-6-2-10-14-18-22-26-30-34-38-42-46-50-54-59-62-60-56-52-48-44-40-36-32-28-24-20-16-12-4-8-7-3-11-15-19-23-27-31-35-39-43-47-51-55-58-61-57-53-49-45-41-37-33-29-25-21-17-13-9(1)63(5)64(6,10)68(14)67(13,63)71(17)72(18,68)76(22)75(21,71)79(25)80(26,76)84(30)83(29,79)87(33)88(34,84)92(38)91(37,87)95(41)96(42,92)100(46)99(45,95)103(49)104(50,100)108(54)107(53,103)111(57)112(59,108)116(62)114(60)110(56)106(52)102(48)98(44)94(40)90(36)86(32)82(28)78(24)74(20)70(16)66(8,12)65(7,11)69(15,70)73(19,74)77(23,78)81(27,82)85(31,86)89(35,90)93(39,94)97(43,98)101(47,102)105(51,106)109(55,110)113(58,114)115(61,111)116/h5-62H,1-4H2. The second-order valence-electron chi connectivity index (χ2n) is 76.0. The lowest BCUT2D eigenvalue weighted by Gasteiger charge is -3.62. The Morgan fingerprint density at radius 2 is 0.138 bits per heavy atom. The van der Waals surface area contributed by atoms with Crippen molar-refractivity contribution < 1.29 is 0 Å². The Hall–Kier alpha value is 0. The molecule has 0 heterocycles. The minimum atomic E-state index is 1.09. The molecular weight excluding hydrogens is 1390 g/mol. The van der Waals surface area contributed by atoms with Gasteiger partial charge in [0, 0.05) is 0 Å². The van der Waals surface area contributed by atoms with Gasteiger partial charge in [0.25, 0.3) is 0 Å². The summed E-state index contributed by atoms with van der Waals surface area (Å²) in [5.41, 5.74) is 60.5. The molecular formula is C116H66. The van der Waals surface area contributed by atoms with Crippen LogP contribution in [0.15, 0.2) is 0 Å². The van der Waals surface area contributed by atoms with Crippen LogP contribution in [0.5, 0.6) is 0 Å². The zero-order valence-electron chi connectivity index (χ0n) is 63.3. The van der Waals surface area contributed by atoms with E-state index < -0.39 is 0 Å². The van der Waals surface area contributed by atoms with Crippen LogP contribution in [0.1, 0.15) is 25.7 Å². The van der Waals surface area contributed by atoms with Crippen molar-refractivity contribution in [1.29, 1.82) is 0 Å².